The van der Waals surface area contributed by atoms with Crippen LogP contribution >= 0.6 is 0 Å². The summed E-state index contributed by atoms with van der Waals surface area (Å²) in [6, 6.07) is 3.34. The highest BCUT2D eigenvalue weighted by Crippen LogP contribution is 2.28. The lowest BCUT2D eigenvalue weighted by molar-refractivity contribution is -0.117. The van der Waals surface area contributed by atoms with Crippen molar-refractivity contribution in [2.75, 3.05) is 11.4 Å². The predicted molar refractivity (Wildman–Crippen MR) is 62.7 cm³/mol. The van der Waals surface area contributed by atoms with E-state index in [-0.39, 0.29) is 36.0 Å². The van der Waals surface area contributed by atoms with Crippen LogP contribution in [0.3, 0.4) is 0 Å². The normalized spacial score (nSPS) is 18.8. The number of terminal acetylenes is 1. The lowest BCUT2D eigenvalue weighted by atomic mass is 10.1. The molecule has 1 aliphatic rings. The zero-order valence-corrected chi connectivity index (χ0v) is 9.39. The number of rotatable bonds is 2. The molecule has 0 bridgehead atoms. The molecule has 18 heavy (non-hydrogen) atoms. The van der Waals surface area contributed by atoms with Gasteiger partial charge in [-0.25, -0.2) is 9.18 Å². The molecule has 1 N–H and O–H groups in total. The molecule has 1 heterocycles. The minimum Gasteiger partial charge on any atom is -0.478 e. The summed E-state index contributed by atoms with van der Waals surface area (Å²) >= 11 is 0. The van der Waals surface area contributed by atoms with Crippen LogP contribution in [0, 0.1) is 24.1 Å². The van der Waals surface area contributed by atoms with Crippen molar-refractivity contribution in [3.63, 3.8) is 0 Å². The van der Waals surface area contributed by atoms with E-state index in [4.69, 9.17) is 11.5 Å². The molecule has 2 rings (SSSR count). The molecule has 1 amide bonds. The highest BCUT2D eigenvalue weighted by molar-refractivity contribution is 5.98. The van der Waals surface area contributed by atoms with Gasteiger partial charge in [0, 0.05) is 18.9 Å². The van der Waals surface area contributed by atoms with Crippen molar-refractivity contribution < 1.29 is 19.1 Å². The molecule has 1 aliphatic heterocycles. The van der Waals surface area contributed by atoms with Crippen LogP contribution in [0.15, 0.2) is 18.2 Å². The molecule has 0 saturated carbocycles. The number of hydrogen-bond donors (Lipinski definition) is 1. The maximum absolute atomic E-state index is 13.7. The van der Waals surface area contributed by atoms with Crippen molar-refractivity contribution in [3.05, 3.63) is 29.6 Å². The third kappa shape index (κ3) is 2.05. The van der Waals surface area contributed by atoms with E-state index in [1.807, 2.05) is 0 Å². The van der Waals surface area contributed by atoms with Crippen LogP contribution in [0.2, 0.25) is 0 Å². The van der Waals surface area contributed by atoms with Crippen molar-refractivity contribution >= 4 is 17.6 Å². The minimum absolute atomic E-state index is 0.0300. The molecule has 1 aromatic carbocycles. The number of hydrogen-bond acceptors (Lipinski definition) is 2. The molecule has 1 unspecified atom stereocenters. The second-order valence-electron chi connectivity index (χ2n) is 4.04. The van der Waals surface area contributed by atoms with Gasteiger partial charge in [-0.1, -0.05) is 0 Å². The van der Waals surface area contributed by atoms with Gasteiger partial charge < -0.3 is 10.0 Å². The number of nitrogens with zero attached hydrogens (tertiary/aromatic N) is 1. The number of anilines is 1. The number of benzene rings is 1. The monoisotopic (exact) mass is 247 g/mol. The maximum atomic E-state index is 13.7. The van der Waals surface area contributed by atoms with E-state index in [0.29, 0.717) is 0 Å². The van der Waals surface area contributed by atoms with Gasteiger partial charge >= 0.3 is 5.97 Å². The maximum Gasteiger partial charge on any atom is 0.335 e. The first-order valence-corrected chi connectivity index (χ1v) is 5.32. The number of carboxylic acids is 1. The molecular weight excluding hydrogens is 237 g/mol. The lowest BCUT2D eigenvalue weighted by Gasteiger charge is -2.17. The molecule has 0 aliphatic carbocycles. The van der Waals surface area contributed by atoms with E-state index in [1.54, 1.807) is 0 Å². The van der Waals surface area contributed by atoms with Crippen LogP contribution in [0.5, 0.6) is 0 Å². The fourth-order valence-corrected chi connectivity index (χ4v) is 1.90. The lowest BCUT2D eigenvalue weighted by Crippen LogP contribution is -2.25. The van der Waals surface area contributed by atoms with E-state index >= 15 is 0 Å². The Morgan fingerprint density at radius 1 is 1.56 bits per heavy atom. The molecular formula is C13H10FNO3. The third-order valence-corrected chi connectivity index (χ3v) is 2.84. The van der Waals surface area contributed by atoms with Crippen LogP contribution in [-0.2, 0) is 4.79 Å². The summed E-state index contributed by atoms with van der Waals surface area (Å²) in [6.45, 7) is 0.218. The van der Waals surface area contributed by atoms with Crippen molar-refractivity contribution in [2.24, 2.45) is 5.92 Å². The first-order valence-electron chi connectivity index (χ1n) is 5.32. The van der Waals surface area contributed by atoms with Crippen LogP contribution in [0.1, 0.15) is 16.8 Å². The van der Waals surface area contributed by atoms with Crippen LogP contribution in [0.4, 0.5) is 10.1 Å². The minimum atomic E-state index is -1.17. The Balaban J connectivity index is 2.39. The molecule has 1 atom stereocenters. The number of halogens is 1. The Hall–Kier alpha value is -2.35. The van der Waals surface area contributed by atoms with Crippen LogP contribution < -0.4 is 4.90 Å². The quantitative estimate of drug-likeness (QED) is 0.806. The van der Waals surface area contributed by atoms with Gasteiger partial charge in [-0.2, -0.15) is 0 Å². The fraction of sp³-hybridized carbons (Fsp3) is 0.231. The van der Waals surface area contributed by atoms with Gasteiger partial charge in [-0.05, 0) is 18.2 Å². The molecule has 1 fully saturated rings. The van der Waals surface area contributed by atoms with Crippen molar-refractivity contribution in [3.8, 4) is 12.3 Å². The molecule has 1 saturated heterocycles. The number of carbonyl (C=O) groups is 2. The highest BCUT2D eigenvalue weighted by Gasteiger charge is 2.31. The summed E-state index contributed by atoms with van der Waals surface area (Å²) < 4.78 is 13.7. The molecule has 4 nitrogen and oxygen atoms in total. The van der Waals surface area contributed by atoms with Gasteiger partial charge in [0.05, 0.1) is 11.3 Å². The average molecular weight is 247 g/mol. The van der Waals surface area contributed by atoms with Gasteiger partial charge in [0.15, 0.2) is 0 Å². The Bertz CT molecular complexity index is 562. The largest absolute Gasteiger partial charge is 0.478 e. The molecule has 5 heteroatoms. The summed E-state index contributed by atoms with van der Waals surface area (Å²) in [7, 11) is 0. The molecule has 0 aromatic heterocycles. The van der Waals surface area contributed by atoms with Crippen molar-refractivity contribution in [1.82, 2.24) is 0 Å². The number of carboxylic acid groups (broad SMARTS) is 1. The molecule has 0 radical (unpaired) electrons. The van der Waals surface area contributed by atoms with E-state index in [9.17, 15) is 14.0 Å². The average Bonchev–Trinajstić information content (AvgIpc) is 2.71. The highest BCUT2D eigenvalue weighted by atomic mass is 19.1. The van der Waals surface area contributed by atoms with Crippen LogP contribution in [-0.4, -0.2) is 23.5 Å². The number of amides is 1. The number of aromatic carboxylic acids is 1. The second kappa shape index (κ2) is 4.49. The zero-order valence-electron chi connectivity index (χ0n) is 9.39. The topological polar surface area (TPSA) is 57.6 Å². The second-order valence-corrected chi connectivity index (χ2v) is 4.04. The van der Waals surface area contributed by atoms with Gasteiger partial charge in [0.2, 0.25) is 5.91 Å². The summed E-state index contributed by atoms with van der Waals surface area (Å²) in [5.41, 5.74) is -0.0963. The van der Waals surface area contributed by atoms with E-state index < -0.39 is 11.8 Å². The van der Waals surface area contributed by atoms with Gasteiger partial charge in [-0.3, -0.25) is 4.79 Å². The third-order valence-electron chi connectivity index (χ3n) is 2.84. The van der Waals surface area contributed by atoms with Gasteiger partial charge in [0.25, 0.3) is 0 Å². The molecule has 1 aromatic rings. The predicted octanol–water partition coefficient (Wildman–Crippen LogP) is 1.51. The zero-order chi connectivity index (χ0) is 13.3. The summed E-state index contributed by atoms with van der Waals surface area (Å²) in [5, 5.41) is 8.85. The van der Waals surface area contributed by atoms with Gasteiger partial charge in [0.1, 0.15) is 5.82 Å². The summed E-state index contributed by atoms with van der Waals surface area (Å²) in [5.74, 6) is 0.0952. The van der Waals surface area contributed by atoms with E-state index in [1.165, 1.54) is 4.90 Å². The first-order chi connectivity index (χ1) is 8.52. The standard InChI is InChI=1S/C13H10FNO3/c1-2-8-5-12(16)15(7-8)11-6-9(13(17)18)3-4-10(11)14/h1,3-4,6,8H,5,7H2,(H,17,18). The SMILES string of the molecule is C#CC1CC(=O)N(c2cc(C(=O)O)ccc2F)C1. The smallest absolute Gasteiger partial charge is 0.335 e. The Morgan fingerprint density at radius 3 is 2.83 bits per heavy atom. The summed E-state index contributed by atoms with van der Waals surface area (Å²) in [4.78, 5) is 23.7. The fourth-order valence-electron chi connectivity index (χ4n) is 1.90. The molecule has 92 valence electrons. The number of carbonyl (C=O) groups excluding carboxylic acids is 1. The Labute approximate surface area is 103 Å². The molecule has 0 spiro atoms. The Kier molecular flexibility index (Phi) is 3.02. The van der Waals surface area contributed by atoms with Crippen LogP contribution in [0.25, 0.3) is 0 Å². The van der Waals surface area contributed by atoms with Gasteiger partial charge in [-0.15, -0.1) is 12.3 Å². The summed E-state index contributed by atoms with van der Waals surface area (Å²) in [6.07, 6.45) is 5.40. The van der Waals surface area contributed by atoms with E-state index in [2.05, 4.69) is 5.92 Å². The van der Waals surface area contributed by atoms with E-state index in [0.717, 1.165) is 18.2 Å². The van der Waals surface area contributed by atoms with Crippen molar-refractivity contribution in [2.45, 2.75) is 6.42 Å². The van der Waals surface area contributed by atoms with Crippen molar-refractivity contribution in [1.29, 1.82) is 0 Å². The Morgan fingerprint density at radius 2 is 2.28 bits per heavy atom. The first kappa shape index (κ1) is 12.1.